The highest BCUT2D eigenvalue weighted by molar-refractivity contribution is 8.13. The van der Waals surface area contributed by atoms with Gasteiger partial charge in [-0.05, 0) is 45.0 Å². The number of benzene rings is 1. The van der Waals surface area contributed by atoms with Crippen LogP contribution in [0.2, 0.25) is 12.6 Å². The van der Waals surface area contributed by atoms with Gasteiger partial charge in [0.15, 0.2) is 6.61 Å². The predicted molar refractivity (Wildman–Crippen MR) is 93.7 cm³/mol. The van der Waals surface area contributed by atoms with Crippen molar-refractivity contribution < 1.29 is 18.4 Å². The Labute approximate surface area is 138 Å². The lowest BCUT2D eigenvalue weighted by Gasteiger charge is -2.25. The SMILES string of the molecule is CCO[Si](C)(CCCSC(=O)COc1ccccc1)OCC. The van der Waals surface area contributed by atoms with Crippen molar-refractivity contribution in [1.82, 2.24) is 0 Å². The fraction of sp³-hybridized carbons (Fsp3) is 0.562. The van der Waals surface area contributed by atoms with E-state index < -0.39 is 8.56 Å². The highest BCUT2D eigenvalue weighted by Gasteiger charge is 2.29. The molecule has 0 atom stereocenters. The third-order valence-corrected chi connectivity index (χ3v) is 7.03. The largest absolute Gasteiger partial charge is 0.485 e. The Balaban J connectivity index is 2.19. The summed E-state index contributed by atoms with van der Waals surface area (Å²) in [6.45, 7) is 7.54. The maximum atomic E-state index is 11.8. The van der Waals surface area contributed by atoms with Gasteiger partial charge in [-0.2, -0.15) is 0 Å². The van der Waals surface area contributed by atoms with Crippen molar-refractivity contribution in [2.75, 3.05) is 25.6 Å². The van der Waals surface area contributed by atoms with Crippen LogP contribution in [0.25, 0.3) is 0 Å². The van der Waals surface area contributed by atoms with Crippen LogP contribution >= 0.6 is 11.8 Å². The number of thioether (sulfide) groups is 1. The Morgan fingerprint density at radius 1 is 1.14 bits per heavy atom. The molecule has 1 rings (SSSR count). The monoisotopic (exact) mass is 342 g/mol. The molecule has 0 heterocycles. The minimum atomic E-state index is -2.05. The fourth-order valence-corrected chi connectivity index (χ4v) is 5.40. The number of ether oxygens (including phenoxy) is 1. The summed E-state index contributed by atoms with van der Waals surface area (Å²) in [6.07, 6.45) is 0.921. The first-order valence-electron chi connectivity index (χ1n) is 7.71. The minimum Gasteiger partial charge on any atom is -0.485 e. The maximum absolute atomic E-state index is 11.8. The van der Waals surface area contributed by atoms with Crippen molar-refractivity contribution in [3.05, 3.63) is 30.3 Å². The standard InChI is InChI=1S/C16H26O4SSi/c1-4-19-22(3,20-5-2)13-9-12-21-16(17)14-18-15-10-7-6-8-11-15/h6-8,10-11H,4-5,9,12-14H2,1-3H3. The maximum Gasteiger partial charge on any atom is 0.334 e. The molecule has 22 heavy (non-hydrogen) atoms. The highest BCUT2D eigenvalue weighted by Crippen LogP contribution is 2.18. The van der Waals surface area contributed by atoms with Crippen LogP contribution in [0.5, 0.6) is 5.75 Å². The smallest absolute Gasteiger partial charge is 0.334 e. The van der Waals surface area contributed by atoms with Crippen LogP contribution < -0.4 is 4.74 Å². The number of hydrogen-bond acceptors (Lipinski definition) is 5. The molecule has 4 nitrogen and oxygen atoms in total. The average molecular weight is 343 g/mol. The van der Waals surface area contributed by atoms with Crippen LogP contribution in [0.15, 0.2) is 30.3 Å². The summed E-state index contributed by atoms with van der Waals surface area (Å²) in [7, 11) is -2.05. The van der Waals surface area contributed by atoms with Gasteiger partial charge < -0.3 is 13.6 Å². The molecule has 0 radical (unpaired) electrons. The number of hydrogen-bond donors (Lipinski definition) is 0. The van der Waals surface area contributed by atoms with Crippen molar-refractivity contribution in [3.63, 3.8) is 0 Å². The topological polar surface area (TPSA) is 44.8 Å². The molecule has 0 unspecified atom stereocenters. The Hall–Kier alpha value is -0.823. The van der Waals surface area contributed by atoms with Crippen molar-refractivity contribution in [2.24, 2.45) is 0 Å². The molecule has 0 spiro atoms. The quantitative estimate of drug-likeness (QED) is 0.451. The van der Waals surface area contributed by atoms with Gasteiger partial charge in [-0.3, -0.25) is 4.79 Å². The predicted octanol–water partition coefficient (Wildman–Crippen LogP) is 3.86. The van der Waals surface area contributed by atoms with Crippen LogP contribution in [-0.2, 0) is 13.6 Å². The lowest BCUT2D eigenvalue weighted by Crippen LogP contribution is -2.38. The summed E-state index contributed by atoms with van der Waals surface area (Å²) in [4.78, 5) is 11.8. The molecule has 0 saturated carbocycles. The van der Waals surface area contributed by atoms with Gasteiger partial charge in [0.05, 0.1) is 0 Å². The van der Waals surface area contributed by atoms with Crippen LogP contribution in [0, 0.1) is 0 Å². The molecule has 1 aromatic rings. The van der Waals surface area contributed by atoms with Gasteiger partial charge in [-0.15, -0.1) is 0 Å². The molecular formula is C16H26O4SSi. The van der Waals surface area contributed by atoms with Crippen LogP contribution in [0.4, 0.5) is 0 Å². The highest BCUT2D eigenvalue weighted by atomic mass is 32.2. The summed E-state index contributed by atoms with van der Waals surface area (Å²) >= 11 is 1.32. The van der Waals surface area contributed by atoms with Crippen LogP contribution in [0.3, 0.4) is 0 Å². The normalized spacial score (nSPS) is 11.4. The molecule has 0 aliphatic carbocycles. The second-order valence-corrected chi connectivity index (χ2v) is 9.42. The Bertz CT molecular complexity index is 421. The average Bonchev–Trinajstić information content (AvgIpc) is 2.51. The van der Waals surface area contributed by atoms with Crippen molar-refractivity contribution in [2.45, 2.75) is 32.9 Å². The van der Waals surface area contributed by atoms with Crippen molar-refractivity contribution in [1.29, 1.82) is 0 Å². The minimum absolute atomic E-state index is 0.0556. The van der Waals surface area contributed by atoms with E-state index in [1.165, 1.54) is 11.8 Å². The van der Waals surface area contributed by atoms with Crippen LogP contribution in [-0.4, -0.2) is 39.2 Å². The zero-order valence-electron chi connectivity index (χ0n) is 13.7. The molecule has 0 aliphatic rings. The van der Waals surface area contributed by atoms with E-state index in [1.54, 1.807) is 0 Å². The van der Waals surface area contributed by atoms with Gasteiger partial charge >= 0.3 is 8.56 Å². The number of rotatable bonds is 11. The number of carbonyl (C=O) groups is 1. The van der Waals surface area contributed by atoms with E-state index in [-0.39, 0.29) is 11.7 Å². The molecule has 6 heteroatoms. The van der Waals surface area contributed by atoms with Crippen LogP contribution in [0.1, 0.15) is 20.3 Å². The number of para-hydroxylation sites is 1. The second-order valence-electron chi connectivity index (χ2n) is 4.93. The summed E-state index contributed by atoms with van der Waals surface area (Å²) in [5, 5.41) is 0.0556. The molecule has 1 aromatic carbocycles. The lowest BCUT2D eigenvalue weighted by atomic mass is 10.3. The van der Waals surface area contributed by atoms with Crippen molar-refractivity contribution >= 4 is 25.4 Å². The molecule has 0 fully saturated rings. The van der Waals surface area contributed by atoms with Gasteiger partial charge in [0.2, 0.25) is 5.12 Å². The Kier molecular flexibility index (Phi) is 9.46. The molecule has 0 N–H and O–H groups in total. The molecule has 124 valence electrons. The lowest BCUT2D eigenvalue weighted by molar-refractivity contribution is -0.112. The van der Waals surface area contributed by atoms with Gasteiger partial charge in [0.1, 0.15) is 5.75 Å². The fourth-order valence-electron chi connectivity index (χ4n) is 2.08. The molecule has 0 bridgehead atoms. The molecule has 0 amide bonds. The first-order valence-corrected chi connectivity index (χ1v) is 11.2. The first kappa shape index (κ1) is 19.2. The molecule has 0 aromatic heterocycles. The van der Waals surface area contributed by atoms with Gasteiger partial charge in [-0.1, -0.05) is 30.0 Å². The molecule has 0 saturated heterocycles. The van der Waals surface area contributed by atoms with E-state index >= 15 is 0 Å². The van der Waals surface area contributed by atoms with E-state index in [9.17, 15) is 4.79 Å². The zero-order valence-corrected chi connectivity index (χ0v) is 15.5. The zero-order chi connectivity index (χ0) is 16.3. The Morgan fingerprint density at radius 3 is 2.36 bits per heavy atom. The second kappa shape index (κ2) is 10.8. The van der Waals surface area contributed by atoms with Gasteiger partial charge in [0, 0.05) is 19.0 Å². The van der Waals surface area contributed by atoms with E-state index in [1.807, 2.05) is 44.2 Å². The van der Waals surface area contributed by atoms with E-state index in [4.69, 9.17) is 13.6 Å². The first-order chi connectivity index (χ1) is 10.6. The van der Waals surface area contributed by atoms with Gasteiger partial charge in [0.25, 0.3) is 0 Å². The van der Waals surface area contributed by atoms with Crippen molar-refractivity contribution in [3.8, 4) is 5.75 Å². The van der Waals surface area contributed by atoms with E-state index in [0.29, 0.717) is 13.2 Å². The van der Waals surface area contributed by atoms with Gasteiger partial charge in [-0.25, -0.2) is 0 Å². The Morgan fingerprint density at radius 2 is 1.77 bits per heavy atom. The summed E-state index contributed by atoms with van der Waals surface area (Å²) < 4.78 is 17.0. The third-order valence-electron chi connectivity index (χ3n) is 3.04. The van der Waals surface area contributed by atoms with E-state index in [0.717, 1.165) is 24.0 Å². The number of carbonyl (C=O) groups excluding carboxylic acids is 1. The molecular weight excluding hydrogens is 316 g/mol. The van der Waals surface area contributed by atoms with E-state index in [2.05, 4.69) is 6.55 Å². The summed E-state index contributed by atoms with van der Waals surface area (Å²) in [6, 6.07) is 10.3. The molecule has 0 aliphatic heterocycles. The summed E-state index contributed by atoms with van der Waals surface area (Å²) in [5.74, 6) is 1.50. The third kappa shape index (κ3) is 7.98. The summed E-state index contributed by atoms with van der Waals surface area (Å²) in [5.41, 5.74) is 0.